The van der Waals surface area contributed by atoms with Crippen LogP contribution in [-0.2, 0) is 25.4 Å². The van der Waals surface area contributed by atoms with Gasteiger partial charge in [0.1, 0.15) is 17.7 Å². The molecule has 1 fully saturated rings. The van der Waals surface area contributed by atoms with Gasteiger partial charge in [-0.05, 0) is 36.8 Å². The van der Waals surface area contributed by atoms with Crippen molar-refractivity contribution in [3.05, 3.63) is 65.6 Å². The van der Waals surface area contributed by atoms with Crippen molar-refractivity contribution in [3.8, 4) is 5.75 Å². The van der Waals surface area contributed by atoms with Crippen molar-refractivity contribution >= 4 is 22.5 Å². The summed E-state index contributed by atoms with van der Waals surface area (Å²) < 4.78 is 15.5. The SMILES string of the molecule is COc1ccc2c(CN3CCOC(c4cccc(Nc5cc(C)n(C)n5)n4)C3)cn(C)c2c1. The Kier molecular flexibility index (Phi) is 5.78. The molecule has 8 heteroatoms. The summed E-state index contributed by atoms with van der Waals surface area (Å²) in [5, 5.41) is 9.02. The lowest BCUT2D eigenvalue weighted by atomic mass is 10.1. The Balaban J connectivity index is 1.31. The highest BCUT2D eigenvalue weighted by Crippen LogP contribution is 2.28. The third-order valence-electron chi connectivity index (χ3n) is 6.30. The van der Waals surface area contributed by atoms with E-state index in [1.54, 1.807) is 7.11 Å². The number of methoxy groups -OCH3 is 1. The molecule has 33 heavy (non-hydrogen) atoms. The molecule has 1 aromatic carbocycles. The number of morpholine rings is 1. The summed E-state index contributed by atoms with van der Waals surface area (Å²) in [6.07, 6.45) is 2.15. The normalized spacial score (nSPS) is 16.9. The molecule has 0 amide bonds. The van der Waals surface area contributed by atoms with E-state index in [2.05, 4.69) is 45.3 Å². The van der Waals surface area contributed by atoms with Crippen LogP contribution in [0.2, 0.25) is 0 Å². The van der Waals surface area contributed by atoms with Gasteiger partial charge in [0.25, 0.3) is 0 Å². The van der Waals surface area contributed by atoms with Gasteiger partial charge in [-0.3, -0.25) is 9.58 Å². The Morgan fingerprint density at radius 1 is 1.15 bits per heavy atom. The van der Waals surface area contributed by atoms with Gasteiger partial charge in [-0.25, -0.2) is 4.98 Å². The molecule has 0 spiro atoms. The van der Waals surface area contributed by atoms with Crippen molar-refractivity contribution in [2.24, 2.45) is 14.1 Å². The summed E-state index contributed by atoms with van der Waals surface area (Å²) >= 11 is 0. The molecule has 0 saturated carbocycles. The molecule has 0 aliphatic carbocycles. The molecule has 1 saturated heterocycles. The lowest BCUT2D eigenvalue weighted by Gasteiger charge is -2.32. The van der Waals surface area contributed by atoms with E-state index in [-0.39, 0.29) is 6.10 Å². The highest BCUT2D eigenvalue weighted by atomic mass is 16.5. The Morgan fingerprint density at radius 2 is 2.03 bits per heavy atom. The second-order valence-corrected chi connectivity index (χ2v) is 8.61. The van der Waals surface area contributed by atoms with Gasteiger partial charge in [-0.2, -0.15) is 5.10 Å². The number of aryl methyl sites for hydroxylation is 3. The van der Waals surface area contributed by atoms with Crippen LogP contribution in [0.1, 0.15) is 23.1 Å². The lowest BCUT2D eigenvalue weighted by Crippen LogP contribution is -2.38. The van der Waals surface area contributed by atoms with Crippen LogP contribution in [0.5, 0.6) is 5.75 Å². The zero-order valence-electron chi connectivity index (χ0n) is 19.6. The molecular formula is C25H30N6O2. The van der Waals surface area contributed by atoms with Gasteiger partial charge in [0, 0.05) is 63.1 Å². The number of hydrogen-bond acceptors (Lipinski definition) is 6. The Labute approximate surface area is 193 Å². The van der Waals surface area contributed by atoms with Gasteiger partial charge >= 0.3 is 0 Å². The van der Waals surface area contributed by atoms with Crippen molar-refractivity contribution < 1.29 is 9.47 Å². The fourth-order valence-corrected chi connectivity index (χ4v) is 4.42. The predicted octanol–water partition coefficient (Wildman–Crippen LogP) is 3.94. The van der Waals surface area contributed by atoms with Crippen LogP contribution in [-0.4, -0.2) is 51.0 Å². The first-order valence-corrected chi connectivity index (χ1v) is 11.2. The molecule has 1 N–H and O–H groups in total. The van der Waals surface area contributed by atoms with E-state index in [9.17, 15) is 0 Å². The van der Waals surface area contributed by atoms with Crippen LogP contribution in [0.3, 0.4) is 0 Å². The monoisotopic (exact) mass is 446 g/mol. The minimum Gasteiger partial charge on any atom is -0.497 e. The summed E-state index contributed by atoms with van der Waals surface area (Å²) in [5.74, 6) is 2.44. The van der Waals surface area contributed by atoms with Gasteiger partial charge in [0.2, 0.25) is 0 Å². The highest BCUT2D eigenvalue weighted by Gasteiger charge is 2.24. The summed E-state index contributed by atoms with van der Waals surface area (Å²) in [6.45, 7) is 5.27. The first-order chi connectivity index (χ1) is 16.0. The molecule has 1 aliphatic heterocycles. The molecular weight excluding hydrogens is 416 g/mol. The summed E-state index contributed by atoms with van der Waals surface area (Å²) in [7, 11) is 5.72. The molecule has 1 atom stereocenters. The van der Waals surface area contributed by atoms with Gasteiger partial charge in [0.15, 0.2) is 5.82 Å². The number of anilines is 2. The third-order valence-corrected chi connectivity index (χ3v) is 6.30. The summed E-state index contributed by atoms with van der Waals surface area (Å²) in [6, 6.07) is 14.3. The van der Waals surface area contributed by atoms with Crippen molar-refractivity contribution in [2.45, 2.75) is 19.6 Å². The molecule has 0 bridgehead atoms. The number of benzene rings is 1. The van der Waals surface area contributed by atoms with E-state index in [0.717, 1.165) is 48.4 Å². The van der Waals surface area contributed by atoms with E-state index < -0.39 is 0 Å². The van der Waals surface area contributed by atoms with Crippen molar-refractivity contribution in [3.63, 3.8) is 0 Å². The minimum atomic E-state index is -0.0685. The van der Waals surface area contributed by atoms with Gasteiger partial charge in [-0.1, -0.05) is 6.07 Å². The fourth-order valence-electron chi connectivity index (χ4n) is 4.42. The van der Waals surface area contributed by atoms with Crippen LogP contribution in [0.25, 0.3) is 10.9 Å². The van der Waals surface area contributed by atoms with Crippen LogP contribution in [0.4, 0.5) is 11.6 Å². The van der Waals surface area contributed by atoms with E-state index in [4.69, 9.17) is 14.5 Å². The maximum absolute atomic E-state index is 6.11. The lowest BCUT2D eigenvalue weighted by molar-refractivity contribution is -0.0348. The molecule has 4 heterocycles. The second-order valence-electron chi connectivity index (χ2n) is 8.61. The quantitative estimate of drug-likeness (QED) is 0.484. The fraction of sp³-hybridized carbons (Fsp3) is 0.360. The average Bonchev–Trinajstić information content (AvgIpc) is 3.31. The smallest absolute Gasteiger partial charge is 0.153 e. The second kappa shape index (κ2) is 8.88. The molecule has 8 nitrogen and oxygen atoms in total. The van der Waals surface area contributed by atoms with Crippen LogP contribution >= 0.6 is 0 Å². The minimum absolute atomic E-state index is 0.0685. The van der Waals surface area contributed by atoms with Gasteiger partial charge in [0.05, 0.1) is 24.9 Å². The number of rotatable bonds is 6. The zero-order valence-corrected chi connectivity index (χ0v) is 19.6. The van der Waals surface area contributed by atoms with Crippen molar-refractivity contribution in [1.82, 2.24) is 24.2 Å². The van der Waals surface area contributed by atoms with Crippen LogP contribution < -0.4 is 10.1 Å². The molecule has 5 rings (SSSR count). The predicted molar refractivity (Wildman–Crippen MR) is 129 cm³/mol. The molecule has 4 aromatic rings. The van der Waals surface area contributed by atoms with Crippen LogP contribution in [0, 0.1) is 6.92 Å². The first-order valence-electron chi connectivity index (χ1n) is 11.2. The summed E-state index contributed by atoms with van der Waals surface area (Å²) in [4.78, 5) is 7.26. The van der Waals surface area contributed by atoms with Gasteiger partial charge < -0.3 is 19.4 Å². The van der Waals surface area contributed by atoms with Crippen LogP contribution in [0.15, 0.2) is 48.7 Å². The third kappa shape index (κ3) is 4.44. The molecule has 1 unspecified atom stereocenters. The van der Waals surface area contributed by atoms with E-state index >= 15 is 0 Å². The highest BCUT2D eigenvalue weighted by molar-refractivity contribution is 5.85. The molecule has 1 aliphatic rings. The molecule has 172 valence electrons. The number of pyridine rings is 1. The number of nitrogens with zero attached hydrogens (tertiary/aromatic N) is 5. The van der Waals surface area contributed by atoms with Crippen molar-refractivity contribution in [1.29, 1.82) is 0 Å². The number of fused-ring (bicyclic) bond motifs is 1. The number of ether oxygens (including phenoxy) is 2. The van der Waals surface area contributed by atoms with E-state index in [0.29, 0.717) is 6.61 Å². The van der Waals surface area contributed by atoms with Gasteiger partial charge in [-0.15, -0.1) is 0 Å². The van der Waals surface area contributed by atoms with E-state index in [1.165, 1.54) is 16.5 Å². The molecule has 3 aromatic heterocycles. The van der Waals surface area contributed by atoms with Crippen molar-refractivity contribution in [2.75, 3.05) is 32.1 Å². The molecule has 0 radical (unpaired) electrons. The standard InChI is InChI=1S/C25H30N6O2/c1-17-12-25(28-30(17)3)27-24-7-5-6-21(26-24)23-16-31(10-11-33-23)15-18-14-29(2)22-13-19(32-4)8-9-20(18)22/h5-9,12-14,23H,10-11,15-16H2,1-4H3,(H,26,27,28). The number of hydrogen-bond donors (Lipinski definition) is 1. The average molecular weight is 447 g/mol. The van der Waals surface area contributed by atoms with E-state index in [1.807, 2.05) is 49.0 Å². The topological polar surface area (TPSA) is 69.4 Å². The maximum Gasteiger partial charge on any atom is 0.153 e. The Morgan fingerprint density at radius 3 is 2.82 bits per heavy atom. The first kappa shape index (κ1) is 21.5. The number of nitrogens with one attached hydrogen (secondary N) is 1. The Bertz CT molecular complexity index is 1260. The zero-order chi connectivity index (χ0) is 22.9. The maximum atomic E-state index is 6.11. The largest absolute Gasteiger partial charge is 0.497 e. The number of aromatic nitrogens is 4. The summed E-state index contributed by atoms with van der Waals surface area (Å²) in [5.41, 5.74) is 4.51. The Hall–Kier alpha value is -3.36.